The van der Waals surface area contributed by atoms with Crippen LogP contribution in [0.1, 0.15) is 24.1 Å². The fraction of sp³-hybridized carbons (Fsp3) is 0.438. The van der Waals surface area contributed by atoms with Gasteiger partial charge >= 0.3 is 0 Å². The van der Waals surface area contributed by atoms with Crippen LogP contribution in [0.3, 0.4) is 0 Å². The number of anilines is 1. The number of thioether (sulfide) groups is 1. The maximum absolute atomic E-state index is 4.90. The van der Waals surface area contributed by atoms with Gasteiger partial charge in [-0.15, -0.1) is 0 Å². The minimum Gasteiger partial charge on any atom is -0.370 e. The number of hydrogen-bond acceptors (Lipinski definition) is 3. The van der Waals surface area contributed by atoms with Gasteiger partial charge in [0, 0.05) is 23.0 Å². The molecule has 2 heterocycles. The number of aromatic nitrogens is 2. The fourth-order valence-corrected chi connectivity index (χ4v) is 3.40. The van der Waals surface area contributed by atoms with E-state index in [0.717, 1.165) is 35.3 Å². The zero-order valence-corrected chi connectivity index (χ0v) is 14.6. The minimum absolute atomic E-state index is 1.04. The highest BCUT2D eigenvalue weighted by atomic mass is 79.9. The minimum atomic E-state index is 1.04. The lowest BCUT2D eigenvalue weighted by Gasteiger charge is -2.09. The number of nitrogens with zero attached hydrogens (tertiary/aromatic N) is 2. The summed E-state index contributed by atoms with van der Waals surface area (Å²) in [6.45, 7) is 1.04. The molecule has 1 N–H and O–H groups in total. The molecule has 3 nitrogen and oxygen atoms in total. The molecule has 0 atom stereocenters. The molecule has 0 aliphatic carbocycles. The Balaban J connectivity index is 2.02. The van der Waals surface area contributed by atoms with Crippen molar-refractivity contribution < 1.29 is 0 Å². The van der Waals surface area contributed by atoms with Crippen molar-refractivity contribution in [3.05, 3.63) is 40.0 Å². The van der Waals surface area contributed by atoms with Crippen molar-refractivity contribution in [2.45, 2.75) is 25.7 Å². The summed E-state index contributed by atoms with van der Waals surface area (Å²) < 4.78 is 3.18. The van der Waals surface area contributed by atoms with Gasteiger partial charge in [-0.1, -0.05) is 15.9 Å². The number of aryl methyl sites for hydroxylation is 1. The molecule has 3 rings (SSSR count). The average Bonchev–Trinajstić information content (AvgIpc) is 2.68. The van der Waals surface area contributed by atoms with Crippen molar-refractivity contribution >= 4 is 33.5 Å². The summed E-state index contributed by atoms with van der Waals surface area (Å²) in [5.41, 5.74) is 3.81. The molecule has 1 aliphatic rings. The molecule has 1 aliphatic heterocycles. The monoisotopic (exact) mass is 365 g/mol. The lowest BCUT2D eigenvalue weighted by molar-refractivity contribution is 0.765. The maximum atomic E-state index is 4.90. The largest absolute Gasteiger partial charge is 0.370 e. The molecule has 0 saturated carbocycles. The van der Waals surface area contributed by atoms with Gasteiger partial charge in [0.05, 0.1) is 11.4 Å². The fourth-order valence-electron chi connectivity index (χ4n) is 2.74. The van der Waals surface area contributed by atoms with Gasteiger partial charge in [-0.3, -0.25) is 0 Å². The van der Waals surface area contributed by atoms with Crippen LogP contribution in [0.25, 0.3) is 5.69 Å². The van der Waals surface area contributed by atoms with Gasteiger partial charge in [0.2, 0.25) is 0 Å². The molecule has 1 aromatic heterocycles. The van der Waals surface area contributed by atoms with Crippen LogP contribution in [-0.4, -0.2) is 28.3 Å². The topological polar surface area (TPSA) is 29.9 Å². The first-order valence-electron chi connectivity index (χ1n) is 7.39. The Bertz CT molecular complexity index is 607. The van der Waals surface area contributed by atoms with E-state index in [1.807, 2.05) is 11.8 Å². The third-order valence-electron chi connectivity index (χ3n) is 3.83. The highest BCUT2D eigenvalue weighted by Gasteiger charge is 2.20. The summed E-state index contributed by atoms with van der Waals surface area (Å²) in [6, 6.07) is 8.37. The third kappa shape index (κ3) is 3.29. The van der Waals surface area contributed by atoms with Gasteiger partial charge in [0.15, 0.2) is 0 Å². The molecule has 0 amide bonds. The molecule has 0 bridgehead atoms. The zero-order valence-electron chi connectivity index (χ0n) is 12.2. The van der Waals surface area contributed by atoms with Gasteiger partial charge < -0.3 is 5.32 Å². The van der Waals surface area contributed by atoms with Crippen LogP contribution in [0.4, 0.5) is 5.82 Å². The first-order valence-corrected chi connectivity index (χ1v) is 9.58. The van der Waals surface area contributed by atoms with Crippen molar-refractivity contribution in [2.75, 3.05) is 23.9 Å². The molecular weight excluding hydrogens is 346 g/mol. The molecule has 21 heavy (non-hydrogen) atoms. The van der Waals surface area contributed by atoms with Crippen molar-refractivity contribution in [3.8, 4) is 5.69 Å². The van der Waals surface area contributed by atoms with E-state index >= 15 is 0 Å². The number of hydrogen-bond donors (Lipinski definition) is 1. The molecule has 0 fully saturated rings. The van der Waals surface area contributed by atoms with Gasteiger partial charge in [0.25, 0.3) is 0 Å². The van der Waals surface area contributed by atoms with Crippen LogP contribution in [-0.2, 0) is 12.8 Å². The highest BCUT2D eigenvalue weighted by Crippen LogP contribution is 2.29. The normalized spacial score (nSPS) is 14.4. The standard InChI is InChI=1S/C16H20BrN3S/c1-21-11-9-15-14-4-2-3-10-18-16(14)20(19-15)13-7-5-12(17)6-8-13/h5-8,18H,2-4,9-11H2,1H3. The van der Waals surface area contributed by atoms with E-state index < -0.39 is 0 Å². The Labute approximate surface area is 138 Å². The highest BCUT2D eigenvalue weighted by molar-refractivity contribution is 9.10. The van der Waals surface area contributed by atoms with E-state index in [1.165, 1.54) is 29.9 Å². The second-order valence-corrected chi connectivity index (χ2v) is 7.19. The molecule has 0 unspecified atom stereocenters. The third-order valence-corrected chi connectivity index (χ3v) is 4.97. The molecule has 2 aromatic rings. The second-order valence-electron chi connectivity index (χ2n) is 5.29. The zero-order chi connectivity index (χ0) is 14.7. The molecule has 5 heteroatoms. The molecule has 0 spiro atoms. The number of rotatable bonds is 4. The Kier molecular flexibility index (Phi) is 4.91. The van der Waals surface area contributed by atoms with E-state index in [9.17, 15) is 0 Å². The van der Waals surface area contributed by atoms with Crippen LogP contribution in [0.15, 0.2) is 28.7 Å². The summed E-state index contributed by atoms with van der Waals surface area (Å²) in [6.07, 6.45) is 6.83. The summed E-state index contributed by atoms with van der Waals surface area (Å²) in [5, 5.41) is 8.48. The van der Waals surface area contributed by atoms with Crippen molar-refractivity contribution in [1.29, 1.82) is 0 Å². The quantitative estimate of drug-likeness (QED) is 0.876. The Morgan fingerprint density at radius 2 is 2.10 bits per heavy atom. The maximum Gasteiger partial charge on any atom is 0.133 e. The molecule has 112 valence electrons. The van der Waals surface area contributed by atoms with Crippen LogP contribution >= 0.6 is 27.7 Å². The second kappa shape index (κ2) is 6.88. The predicted molar refractivity (Wildman–Crippen MR) is 94.8 cm³/mol. The van der Waals surface area contributed by atoms with Crippen LogP contribution in [0, 0.1) is 0 Å². The van der Waals surface area contributed by atoms with E-state index in [-0.39, 0.29) is 0 Å². The Morgan fingerprint density at radius 3 is 2.86 bits per heavy atom. The number of halogens is 1. The van der Waals surface area contributed by atoms with Crippen LogP contribution in [0.5, 0.6) is 0 Å². The van der Waals surface area contributed by atoms with E-state index in [4.69, 9.17) is 5.10 Å². The average molecular weight is 366 g/mol. The van der Waals surface area contributed by atoms with Gasteiger partial charge in [-0.25, -0.2) is 4.68 Å². The summed E-state index contributed by atoms with van der Waals surface area (Å²) >= 11 is 5.38. The lowest BCUT2D eigenvalue weighted by Crippen LogP contribution is -2.07. The molecule has 1 aromatic carbocycles. The van der Waals surface area contributed by atoms with E-state index in [2.05, 4.69) is 56.4 Å². The number of nitrogens with one attached hydrogen (secondary N) is 1. The molecule has 0 radical (unpaired) electrons. The van der Waals surface area contributed by atoms with Crippen molar-refractivity contribution in [3.63, 3.8) is 0 Å². The lowest BCUT2D eigenvalue weighted by atomic mass is 10.1. The molecular formula is C16H20BrN3S. The Hall–Kier alpha value is -0.940. The van der Waals surface area contributed by atoms with Crippen LogP contribution in [0.2, 0.25) is 0 Å². The van der Waals surface area contributed by atoms with Crippen LogP contribution < -0.4 is 5.32 Å². The van der Waals surface area contributed by atoms with E-state index in [0.29, 0.717) is 0 Å². The van der Waals surface area contributed by atoms with Crippen molar-refractivity contribution in [1.82, 2.24) is 9.78 Å². The van der Waals surface area contributed by atoms with Gasteiger partial charge in [0.1, 0.15) is 5.82 Å². The Morgan fingerprint density at radius 1 is 1.29 bits per heavy atom. The van der Waals surface area contributed by atoms with Crippen molar-refractivity contribution in [2.24, 2.45) is 0 Å². The number of benzene rings is 1. The number of fused-ring (bicyclic) bond motifs is 1. The first-order chi connectivity index (χ1) is 10.3. The van der Waals surface area contributed by atoms with Gasteiger partial charge in [-0.2, -0.15) is 16.9 Å². The molecule has 0 saturated heterocycles. The SMILES string of the molecule is CSCCc1nn(-c2ccc(Br)cc2)c2c1CCCCN2. The predicted octanol–water partition coefficient (Wildman–Crippen LogP) is 4.29. The summed E-state index contributed by atoms with van der Waals surface area (Å²) in [4.78, 5) is 0. The smallest absolute Gasteiger partial charge is 0.133 e. The first kappa shape index (κ1) is 15.0. The van der Waals surface area contributed by atoms with E-state index in [1.54, 1.807) is 0 Å². The summed E-state index contributed by atoms with van der Waals surface area (Å²) in [5.74, 6) is 2.33. The van der Waals surface area contributed by atoms with Gasteiger partial charge in [-0.05, 0) is 55.5 Å². The summed E-state index contributed by atoms with van der Waals surface area (Å²) in [7, 11) is 0.